The van der Waals surface area contributed by atoms with Gasteiger partial charge in [0.1, 0.15) is 0 Å². The molecule has 0 spiro atoms. The van der Waals surface area contributed by atoms with Crippen molar-refractivity contribution in [1.82, 2.24) is 0 Å². The van der Waals surface area contributed by atoms with Crippen LogP contribution in [0.15, 0.2) is 42.5 Å². The van der Waals surface area contributed by atoms with Gasteiger partial charge in [0.25, 0.3) is 0 Å². The van der Waals surface area contributed by atoms with E-state index in [1.54, 1.807) is 25.1 Å². The van der Waals surface area contributed by atoms with Gasteiger partial charge < -0.3 is 4.74 Å². The molecule has 0 amide bonds. The van der Waals surface area contributed by atoms with E-state index in [0.29, 0.717) is 18.4 Å². The Labute approximate surface area is 120 Å². The van der Waals surface area contributed by atoms with Crippen LogP contribution >= 0.6 is 0 Å². The molecule has 0 fully saturated rings. The number of benzene rings is 1. The Bertz CT molecular complexity index is 476. The van der Waals surface area contributed by atoms with Crippen molar-refractivity contribution in [2.75, 3.05) is 0 Å². The van der Waals surface area contributed by atoms with Gasteiger partial charge in [0, 0.05) is 11.6 Å². The predicted molar refractivity (Wildman–Crippen MR) is 79.6 cm³/mol. The minimum atomic E-state index is -1.06. The zero-order valence-corrected chi connectivity index (χ0v) is 12.4. The second kappa shape index (κ2) is 7.63. The first-order valence-corrected chi connectivity index (χ1v) is 7.05. The van der Waals surface area contributed by atoms with E-state index in [-0.39, 0.29) is 5.78 Å². The van der Waals surface area contributed by atoms with Gasteiger partial charge in [-0.05, 0) is 19.8 Å². The lowest BCUT2D eigenvalue weighted by atomic mass is 9.86. The number of hydrogen-bond acceptors (Lipinski definition) is 3. The summed E-state index contributed by atoms with van der Waals surface area (Å²) in [7, 11) is 0. The van der Waals surface area contributed by atoms with Crippen LogP contribution in [0.25, 0.3) is 0 Å². The number of rotatable bonds is 7. The lowest BCUT2D eigenvalue weighted by Crippen LogP contribution is -2.42. The van der Waals surface area contributed by atoms with Gasteiger partial charge in [0.15, 0.2) is 5.60 Å². The molecule has 108 valence electrons. The predicted octanol–water partition coefficient (Wildman–Crippen LogP) is 3.94. The van der Waals surface area contributed by atoms with Gasteiger partial charge in [0.05, 0.1) is 0 Å². The highest BCUT2D eigenvalue weighted by Gasteiger charge is 2.39. The number of allylic oxidation sites excluding steroid dienone is 1. The second-order valence-corrected chi connectivity index (χ2v) is 4.71. The molecular weight excluding hydrogens is 252 g/mol. The molecule has 1 rings (SSSR count). The lowest BCUT2D eigenvalue weighted by molar-refractivity contribution is -0.150. The topological polar surface area (TPSA) is 43.4 Å². The van der Waals surface area contributed by atoms with E-state index < -0.39 is 11.6 Å². The molecule has 0 N–H and O–H groups in total. The monoisotopic (exact) mass is 274 g/mol. The smallest absolute Gasteiger partial charge is 0.331 e. The maximum absolute atomic E-state index is 12.7. The second-order valence-electron chi connectivity index (χ2n) is 4.71. The fraction of sp³-hybridized carbons (Fsp3) is 0.412. The Balaban J connectivity index is 3.10. The third-order valence-corrected chi connectivity index (χ3v) is 3.27. The molecule has 1 atom stereocenters. The SMILES string of the molecule is C/C=C/C(=O)OC(CC)(CCC)C(=O)c1ccccc1. The highest BCUT2D eigenvalue weighted by atomic mass is 16.6. The Morgan fingerprint density at radius 1 is 1.20 bits per heavy atom. The molecule has 0 aliphatic carbocycles. The first-order chi connectivity index (χ1) is 9.59. The minimum absolute atomic E-state index is 0.125. The fourth-order valence-electron chi connectivity index (χ4n) is 2.24. The molecule has 1 unspecified atom stereocenters. The summed E-state index contributed by atoms with van der Waals surface area (Å²) in [5, 5.41) is 0. The number of ether oxygens (including phenoxy) is 1. The highest BCUT2D eigenvalue weighted by Crippen LogP contribution is 2.28. The van der Waals surface area contributed by atoms with Gasteiger partial charge in [-0.15, -0.1) is 0 Å². The average molecular weight is 274 g/mol. The van der Waals surface area contributed by atoms with Crippen LogP contribution in [0, 0.1) is 0 Å². The normalized spacial score (nSPS) is 13.9. The minimum Gasteiger partial charge on any atom is -0.448 e. The van der Waals surface area contributed by atoms with Gasteiger partial charge in [0.2, 0.25) is 5.78 Å². The third-order valence-electron chi connectivity index (χ3n) is 3.27. The lowest BCUT2D eigenvalue weighted by Gasteiger charge is -2.30. The molecule has 3 heteroatoms. The van der Waals surface area contributed by atoms with E-state index in [9.17, 15) is 9.59 Å². The van der Waals surface area contributed by atoms with E-state index in [1.807, 2.05) is 32.0 Å². The van der Waals surface area contributed by atoms with Crippen molar-refractivity contribution in [2.24, 2.45) is 0 Å². The van der Waals surface area contributed by atoms with Crippen molar-refractivity contribution in [1.29, 1.82) is 0 Å². The van der Waals surface area contributed by atoms with Crippen molar-refractivity contribution in [3.8, 4) is 0 Å². The van der Waals surface area contributed by atoms with Gasteiger partial charge in [-0.25, -0.2) is 4.79 Å². The molecule has 3 nitrogen and oxygen atoms in total. The van der Waals surface area contributed by atoms with Crippen LogP contribution in [-0.2, 0) is 9.53 Å². The summed E-state index contributed by atoms with van der Waals surface area (Å²) in [6, 6.07) is 8.99. The zero-order valence-electron chi connectivity index (χ0n) is 12.4. The zero-order chi connectivity index (χ0) is 15.0. The number of esters is 1. The standard InChI is InChI=1S/C17H22O3/c1-4-10-15(18)20-17(6-3,13-5-2)16(19)14-11-8-7-9-12-14/h4,7-12H,5-6,13H2,1-3H3/b10-4+. The Morgan fingerprint density at radius 2 is 1.85 bits per heavy atom. The van der Waals surface area contributed by atoms with Crippen LogP contribution in [0.2, 0.25) is 0 Å². The quantitative estimate of drug-likeness (QED) is 0.430. The van der Waals surface area contributed by atoms with E-state index in [0.717, 1.165) is 6.42 Å². The summed E-state index contributed by atoms with van der Waals surface area (Å²) in [4.78, 5) is 24.5. The molecule has 0 saturated heterocycles. The average Bonchev–Trinajstić information content (AvgIpc) is 2.47. The summed E-state index contributed by atoms with van der Waals surface area (Å²) in [6.45, 7) is 5.60. The molecule has 1 aromatic rings. The Hall–Kier alpha value is -1.90. The molecule has 0 aliphatic heterocycles. The van der Waals surface area contributed by atoms with Gasteiger partial charge in [-0.3, -0.25) is 4.79 Å². The van der Waals surface area contributed by atoms with E-state index in [4.69, 9.17) is 4.74 Å². The largest absolute Gasteiger partial charge is 0.448 e. The third kappa shape index (κ3) is 3.80. The molecule has 20 heavy (non-hydrogen) atoms. The molecule has 0 aliphatic rings. The summed E-state index contributed by atoms with van der Waals surface area (Å²) >= 11 is 0. The number of hydrogen-bond donors (Lipinski definition) is 0. The van der Waals surface area contributed by atoms with Crippen LogP contribution < -0.4 is 0 Å². The Kier molecular flexibility index (Phi) is 6.16. The number of Topliss-reactive ketones (excluding diaryl/α,β-unsaturated/α-hetero) is 1. The number of carbonyl (C=O) groups excluding carboxylic acids is 2. The number of carbonyl (C=O) groups is 2. The van der Waals surface area contributed by atoms with Gasteiger partial charge in [-0.1, -0.05) is 56.7 Å². The van der Waals surface area contributed by atoms with Gasteiger partial charge >= 0.3 is 5.97 Å². The molecule has 0 bridgehead atoms. The molecule has 1 aromatic carbocycles. The molecule has 0 radical (unpaired) electrons. The fourth-order valence-corrected chi connectivity index (χ4v) is 2.24. The maximum Gasteiger partial charge on any atom is 0.331 e. The van der Waals surface area contributed by atoms with E-state index in [1.165, 1.54) is 6.08 Å². The highest BCUT2D eigenvalue weighted by molar-refractivity contribution is 6.04. The van der Waals surface area contributed by atoms with Crippen LogP contribution in [0.4, 0.5) is 0 Å². The van der Waals surface area contributed by atoms with Crippen molar-refractivity contribution < 1.29 is 14.3 Å². The summed E-state index contributed by atoms with van der Waals surface area (Å²) in [5.41, 5.74) is -0.483. The van der Waals surface area contributed by atoms with Crippen LogP contribution in [0.3, 0.4) is 0 Å². The first kappa shape index (κ1) is 16.2. The summed E-state index contributed by atoms with van der Waals surface area (Å²) in [6.07, 6.45) is 4.73. The molecular formula is C17H22O3. The van der Waals surface area contributed by atoms with Crippen LogP contribution in [0.1, 0.15) is 50.4 Å². The van der Waals surface area contributed by atoms with Crippen molar-refractivity contribution in [3.63, 3.8) is 0 Å². The van der Waals surface area contributed by atoms with Crippen LogP contribution in [0.5, 0.6) is 0 Å². The maximum atomic E-state index is 12.7. The number of ketones is 1. The molecule has 0 aromatic heterocycles. The van der Waals surface area contributed by atoms with Crippen molar-refractivity contribution in [2.45, 2.75) is 45.6 Å². The summed E-state index contributed by atoms with van der Waals surface area (Å²) < 4.78 is 5.51. The molecule has 0 saturated carbocycles. The first-order valence-electron chi connectivity index (χ1n) is 7.05. The van der Waals surface area contributed by atoms with E-state index >= 15 is 0 Å². The molecule has 0 heterocycles. The summed E-state index contributed by atoms with van der Waals surface area (Å²) in [5.74, 6) is -0.590. The van der Waals surface area contributed by atoms with Crippen LogP contribution in [-0.4, -0.2) is 17.4 Å². The van der Waals surface area contributed by atoms with Gasteiger partial charge in [-0.2, -0.15) is 0 Å². The Morgan fingerprint density at radius 3 is 2.35 bits per heavy atom. The van der Waals surface area contributed by atoms with E-state index in [2.05, 4.69) is 0 Å². The van der Waals surface area contributed by atoms with Crippen molar-refractivity contribution >= 4 is 11.8 Å². The van der Waals surface area contributed by atoms with Crippen molar-refractivity contribution in [3.05, 3.63) is 48.0 Å².